The van der Waals surface area contributed by atoms with Crippen molar-refractivity contribution in [1.82, 2.24) is 5.32 Å². The molecule has 0 saturated heterocycles. The van der Waals surface area contributed by atoms with Crippen molar-refractivity contribution >= 4 is 21.7 Å². The lowest BCUT2D eigenvalue weighted by atomic mass is 10.0. The third-order valence-corrected chi connectivity index (χ3v) is 6.21. The quantitative estimate of drug-likeness (QED) is 0.783. The highest BCUT2D eigenvalue weighted by Gasteiger charge is 2.34. The average Bonchev–Trinajstić information content (AvgIpc) is 3.01. The van der Waals surface area contributed by atoms with Crippen molar-refractivity contribution in [3.63, 3.8) is 0 Å². The van der Waals surface area contributed by atoms with E-state index in [0.717, 1.165) is 12.8 Å². The minimum absolute atomic E-state index is 0.0947. The summed E-state index contributed by atoms with van der Waals surface area (Å²) in [5.74, 6) is -1.72. The number of carboxylic acids is 1. The number of sulfone groups is 1. The van der Waals surface area contributed by atoms with Crippen LogP contribution in [0.25, 0.3) is 0 Å². The van der Waals surface area contributed by atoms with Crippen LogP contribution in [-0.2, 0) is 14.6 Å². The Hall–Kier alpha value is -1.89. The largest absolute Gasteiger partial charge is 0.481 e. The minimum atomic E-state index is -3.32. The van der Waals surface area contributed by atoms with Crippen LogP contribution in [0.4, 0.5) is 0 Å². The van der Waals surface area contributed by atoms with Crippen LogP contribution in [0.5, 0.6) is 0 Å². The molecule has 0 unspecified atom stereocenters. The van der Waals surface area contributed by atoms with Crippen molar-refractivity contribution in [2.24, 2.45) is 5.92 Å². The summed E-state index contributed by atoms with van der Waals surface area (Å²) in [6.45, 7) is 1.93. The summed E-state index contributed by atoms with van der Waals surface area (Å²) in [5, 5.41) is 11.9. The maximum Gasteiger partial charge on any atom is 0.308 e. The number of nitrogens with one attached hydrogen (secondary N) is 1. The number of carbonyl (C=O) groups excluding carboxylic acids is 1. The first-order valence-corrected chi connectivity index (χ1v) is 9.87. The Bertz CT molecular complexity index is 696. The van der Waals surface area contributed by atoms with E-state index in [1.807, 2.05) is 6.92 Å². The minimum Gasteiger partial charge on any atom is -0.481 e. The van der Waals surface area contributed by atoms with Crippen LogP contribution >= 0.6 is 0 Å². The number of carboxylic acid groups (broad SMARTS) is 1. The van der Waals surface area contributed by atoms with Crippen LogP contribution in [0.15, 0.2) is 29.2 Å². The molecule has 0 radical (unpaired) electrons. The molecular weight excluding hydrogens is 330 g/mol. The van der Waals surface area contributed by atoms with Gasteiger partial charge in [-0.15, -0.1) is 0 Å². The highest BCUT2D eigenvalue weighted by molar-refractivity contribution is 7.91. The SMILES string of the molecule is CCCCS(=O)(=O)c1ccc(C(=O)N[C@@H]2CCC[C@@H]2C(=O)O)cc1. The molecule has 132 valence electrons. The van der Waals surface area contributed by atoms with Gasteiger partial charge in [0.1, 0.15) is 0 Å². The van der Waals surface area contributed by atoms with E-state index in [1.54, 1.807) is 0 Å². The first-order valence-electron chi connectivity index (χ1n) is 8.21. The van der Waals surface area contributed by atoms with E-state index < -0.39 is 21.7 Å². The number of rotatable bonds is 7. The predicted octanol–water partition coefficient (Wildman–Crippen LogP) is 2.24. The van der Waals surface area contributed by atoms with Crippen LogP contribution < -0.4 is 5.32 Å². The lowest BCUT2D eigenvalue weighted by Gasteiger charge is -2.17. The molecule has 0 heterocycles. The molecule has 0 bridgehead atoms. The van der Waals surface area contributed by atoms with Gasteiger partial charge in [0, 0.05) is 11.6 Å². The summed E-state index contributed by atoms with van der Waals surface area (Å²) in [4.78, 5) is 23.6. The Morgan fingerprint density at radius 1 is 1.21 bits per heavy atom. The second-order valence-electron chi connectivity index (χ2n) is 6.15. The zero-order chi connectivity index (χ0) is 17.7. The smallest absolute Gasteiger partial charge is 0.308 e. The van der Waals surface area contributed by atoms with Crippen LogP contribution in [0, 0.1) is 5.92 Å². The van der Waals surface area contributed by atoms with Gasteiger partial charge in [0.25, 0.3) is 5.91 Å². The second kappa shape index (κ2) is 7.79. The molecule has 2 rings (SSSR count). The normalized spacial score (nSPS) is 20.7. The molecule has 6 nitrogen and oxygen atoms in total. The van der Waals surface area contributed by atoms with Gasteiger partial charge in [-0.2, -0.15) is 0 Å². The topological polar surface area (TPSA) is 101 Å². The summed E-state index contributed by atoms with van der Waals surface area (Å²) in [5.41, 5.74) is 0.334. The summed E-state index contributed by atoms with van der Waals surface area (Å²) >= 11 is 0. The highest BCUT2D eigenvalue weighted by atomic mass is 32.2. The van der Waals surface area contributed by atoms with Crippen molar-refractivity contribution in [2.45, 2.75) is 50.0 Å². The molecule has 1 aliphatic carbocycles. The van der Waals surface area contributed by atoms with Gasteiger partial charge in [0.05, 0.1) is 16.6 Å². The van der Waals surface area contributed by atoms with Gasteiger partial charge in [0.15, 0.2) is 9.84 Å². The predicted molar refractivity (Wildman–Crippen MR) is 89.6 cm³/mol. The highest BCUT2D eigenvalue weighted by Crippen LogP contribution is 2.26. The summed E-state index contributed by atoms with van der Waals surface area (Å²) in [6.07, 6.45) is 3.38. The summed E-state index contributed by atoms with van der Waals surface area (Å²) in [7, 11) is -3.32. The molecule has 1 amide bonds. The average molecular weight is 353 g/mol. The molecule has 1 aromatic rings. The molecule has 2 atom stereocenters. The zero-order valence-corrected chi connectivity index (χ0v) is 14.5. The molecular formula is C17H23NO5S. The van der Waals surface area contributed by atoms with Gasteiger partial charge in [-0.25, -0.2) is 8.42 Å². The fraction of sp³-hybridized carbons (Fsp3) is 0.529. The Morgan fingerprint density at radius 3 is 2.46 bits per heavy atom. The van der Waals surface area contributed by atoms with E-state index in [-0.39, 0.29) is 22.6 Å². The van der Waals surface area contributed by atoms with E-state index in [9.17, 15) is 18.0 Å². The monoisotopic (exact) mass is 353 g/mol. The Balaban J connectivity index is 2.05. The molecule has 0 aromatic heterocycles. The second-order valence-corrected chi connectivity index (χ2v) is 8.26. The molecule has 2 N–H and O–H groups in total. The van der Waals surface area contributed by atoms with Crippen LogP contribution in [0.1, 0.15) is 49.4 Å². The third-order valence-electron chi connectivity index (χ3n) is 4.39. The number of carbonyl (C=O) groups is 2. The Kier molecular flexibility index (Phi) is 5.99. The Labute approximate surface area is 142 Å². The van der Waals surface area contributed by atoms with Crippen molar-refractivity contribution in [3.8, 4) is 0 Å². The molecule has 0 aliphatic heterocycles. The van der Waals surface area contributed by atoms with E-state index in [4.69, 9.17) is 5.11 Å². The van der Waals surface area contributed by atoms with Gasteiger partial charge in [-0.3, -0.25) is 9.59 Å². The molecule has 0 spiro atoms. The van der Waals surface area contributed by atoms with Gasteiger partial charge in [-0.1, -0.05) is 19.8 Å². The van der Waals surface area contributed by atoms with Crippen molar-refractivity contribution in [3.05, 3.63) is 29.8 Å². The van der Waals surface area contributed by atoms with Gasteiger partial charge >= 0.3 is 5.97 Å². The molecule has 1 aliphatic rings. The van der Waals surface area contributed by atoms with Crippen LogP contribution in [-0.4, -0.2) is 37.2 Å². The molecule has 1 fully saturated rings. The molecule has 7 heteroatoms. The first kappa shape index (κ1) is 18.4. The maximum absolute atomic E-state index is 12.2. The fourth-order valence-electron chi connectivity index (χ4n) is 2.95. The standard InChI is InChI=1S/C17H23NO5S/c1-2-3-11-24(22,23)13-9-7-12(8-10-13)16(19)18-15-6-4-5-14(15)17(20)21/h7-10,14-15H,2-6,11H2,1H3,(H,18,19)(H,20,21)/t14-,15+/m0/s1. The van der Waals surface area contributed by atoms with E-state index in [2.05, 4.69) is 5.32 Å². The van der Waals surface area contributed by atoms with Crippen LogP contribution in [0.2, 0.25) is 0 Å². The number of amides is 1. The zero-order valence-electron chi connectivity index (χ0n) is 13.7. The number of hydrogen-bond acceptors (Lipinski definition) is 4. The number of unbranched alkanes of at least 4 members (excludes halogenated alkanes) is 1. The van der Waals surface area contributed by atoms with Crippen molar-refractivity contribution in [2.75, 3.05) is 5.75 Å². The number of hydrogen-bond donors (Lipinski definition) is 2. The van der Waals surface area contributed by atoms with Gasteiger partial charge in [-0.05, 0) is 43.5 Å². The lowest BCUT2D eigenvalue weighted by molar-refractivity contribution is -0.142. The van der Waals surface area contributed by atoms with E-state index in [0.29, 0.717) is 24.8 Å². The first-order chi connectivity index (χ1) is 11.3. The molecule has 1 saturated carbocycles. The van der Waals surface area contributed by atoms with E-state index >= 15 is 0 Å². The Morgan fingerprint density at radius 2 is 1.88 bits per heavy atom. The number of benzene rings is 1. The lowest BCUT2D eigenvalue weighted by Crippen LogP contribution is -2.40. The van der Waals surface area contributed by atoms with E-state index in [1.165, 1.54) is 24.3 Å². The van der Waals surface area contributed by atoms with Crippen molar-refractivity contribution < 1.29 is 23.1 Å². The summed E-state index contributed by atoms with van der Waals surface area (Å²) in [6, 6.07) is 5.44. The van der Waals surface area contributed by atoms with Crippen molar-refractivity contribution in [1.29, 1.82) is 0 Å². The maximum atomic E-state index is 12.2. The fourth-order valence-corrected chi connectivity index (χ4v) is 4.40. The van der Waals surface area contributed by atoms with Gasteiger partial charge in [0.2, 0.25) is 0 Å². The number of aliphatic carboxylic acids is 1. The molecule has 1 aromatic carbocycles. The summed E-state index contributed by atoms with van der Waals surface area (Å²) < 4.78 is 24.2. The van der Waals surface area contributed by atoms with Gasteiger partial charge < -0.3 is 10.4 Å². The third kappa shape index (κ3) is 4.35. The van der Waals surface area contributed by atoms with Crippen LogP contribution in [0.3, 0.4) is 0 Å². The molecule has 24 heavy (non-hydrogen) atoms.